The molecule has 0 heterocycles. The highest BCUT2D eigenvalue weighted by molar-refractivity contribution is 6.76. The maximum absolute atomic E-state index is 11.8. The van der Waals surface area contributed by atoms with Crippen molar-refractivity contribution >= 4 is 40.7 Å². The van der Waals surface area contributed by atoms with E-state index < -0.39 is 21.8 Å². The van der Waals surface area contributed by atoms with Crippen molar-refractivity contribution in [3.8, 4) is 0 Å². The molecular weight excluding hydrogens is 349 g/mol. The lowest BCUT2D eigenvalue weighted by Gasteiger charge is -2.27. The fourth-order valence-corrected chi connectivity index (χ4v) is 1.99. The first kappa shape index (κ1) is 19.3. The van der Waals surface area contributed by atoms with Crippen LogP contribution in [0.4, 0.5) is 0 Å². The standard InChI is InChI=1S/C15H18Cl3NO3/c1-3-12(19-14(20)15(16,17)18)13(22-10-21-2)9-11-7-5-4-6-8-11/h3-8,12-13H,1,9-10H2,2H3,(H,19,20)/t12-,13+/m1/s1. The van der Waals surface area contributed by atoms with Crippen LogP contribution in [0, 0.1) is 0 Å². The third-order valence-electron chi connectivity index (χ3n) is 2.89. The fraction of sp³-hybridized carbons (Fsp3) is 0.400. The molecule has 0 aliphatic heterocycles. The van der Waals surface area contributed by atoms with E-state index in [-0.39, 0.29) is 6.79 Å². The van der Waals surface area contributed by atoms with Gasteiger partial charge >= 0.3 is 0 Å². The SMILES string of the molecule is C=C[C@@H](NC(=O)C(Cl)(Cl)Cl)[C@H](Cc1ccccc1)OCOC. The van der Waals surface area contributed by atoms with E-state index in [2.05, 4.69) is 11.9 Å². The Balaban J connectivity index is 2.82. The molecule has 0 saturated carbocycles. The summed E-state index contributed by atoms with van der Waals surface area (Å²) < 4.78 is 8.51. The highest BCUT2D eigenvalue weighted by Crippen LogP contribution is 2.26. The Hall–Kier alpha value is -0.780. The summed E-state index contributed by atoms with van der Waals surface area (Å²) in [6, 6.07) is 9.15. The van der Waals surface area contributed by atoms with E-state index in [0.29, 0.717) is 6.42 Å². The lowest BCUT2D eigenvalue weighted by Crippen LogP contribution is -2.48. The van der Waals surface area contributed by atoms with Crippen molar-refractivity contribution in [3.63, 3.8) is 0 Å². The number of alkyl halides is 3. The normalized spacial score (nSPS) is 14.2. The highest BCUT2D eigenvalue weighted by Gasteiger charge is 2.33. The van der Waals surface area contributed by atoms with Crippen LogP contribution in [0.3, 0.4) is 0 Å². The summed E-state index contributed by atoms with van der Waals surface area (Å²) in [5.74, 6) is -0.735. The zero-order valence-corrected chi connectivity index (χ0v) is 14.4. The molecule has 1 aromatic carbocycles. The number of hydrogen-bond donors (Lipinski definition) is 1. The molecule has 0 aliphatic carbocycles. The third kappa shape index (κ3) is 6.55. The van der Waals surface area contributed by atoms with Gasteiger partial charge in [-0.05, 0) is 5.56 Å². The number of carbonyl (C=O) groups excluding carboxylic acids is 1. The summed E-state index contributed by atoms with van der Waals surface area (Å²) >= 11 is 16.7. The number of amides is 1. The molecule has 7 heteroatoms. The molecule has 22 heavy (non-hydrogen) atoms. The van der Waals surface area contributed by atoms with Crippen LogP contribution in [0.5, 0.6) is 0 Å². The molecule has 1 rings (SSSR count). The number of halogens is 3. The number of methoxy groups -OCH3 is 1. The van der Waals surface area contributed by atoms with Gasteiger partial charge in [-0.15, -0.1) is 6.58 Å². The second kappa shape index (κ2) is 9.38. The van der Waals surface area contributed by atoms with E-state index in [1.807, 2.05) is 30.3 Å². The smallest absolute Gasteiger partial charge is 0.272 e. The summed E-state index contributed by atoms with van der Waals surface area (Å²) in [6.45, 7) is 3.78. The maximum Gasteiger partial charge on any atom is 0.272 e. The topological polar surface area (TPSA) is 47.6 Å². The molecular formula is C15H18Cl3NO3. The van der Waals surface area contributed by atoms with E-state index in [4.69, 9.17) is 44.3 Å². The predicted molar refractivity (Wildman–Crippen MR) is 89.3 cm³/mol. The zero-order chi connectivity index (χ0) is 16.6. The van der Waals surface area contributed by atoms with Crippen LogP contribution in [0.15, 0.2) is 43.0 Å². The van der Waals surface area contributed by atoms with Gasteiger partial charge in [-0.25, -0.2) is 0 Å². The maximum atomic E-state index is 11.8. The van der Waals surface area contributed by atoms with Crippen LogP contribution < -0.4 is 5.32 Å². The van der Waals surface area contributed by atoms with Gasteiger partial charge in [0.05, 0.1) is 12.1 Å². The van der Waals surface area contributed by atoms with Crippen molar-refractivity contribution in [1.29, 1.82) is 0 Å². The van der Waals surface area contributed by atoms with Crippen LogP contribution in [-0.4, -0.2) is 35.7 Å². The minimum absolute atomic E-state index is 0.0749. The second-order valence-corrected chi connectivity index (χ2v) is 6.82. The summed E-state index contributed by atoms with van der Waals surface area (Å²) in [5.41, 5.74) is 1.04. The Morgan fingerprint density at radius 2 is 2.00 bits per heavy atom. The van der Waals surface area contributed by atoms with E-state index in [0.717, 1.165) is 5.56 Å². The van der Waals surface area contributed by atoms with Crippen molar-refractivity contribution < 1.29 is 14.3 Å². The van der Waals surface area contributed by atoms with Gasteiger partial charge in [0.15, 0.2) is 0 Å². The lowest BCUT2D eigenvalue weighted by molar-refractivity contribution is -0.123. The van der Waals surface area contributed by atoms with Crippen LogP contribution in [0.2, 0.25) is 0 Å². The van der Waals surface area contributed by atoms with E-state index in [1.165, 1.54) is 13.2 Å². The van der Waals surface area contributed by atoms with Crippen LogP contribution in [0.1, 0.15) is 5.56 Å². The number of nitrogens with one attached hydrogen (secondary N) is 1. The molecule has 2 atom stereocenters. The number of rotatable bonds is 8. The Morgan fingerprint density at radius 1 is 1.36 bits per heavy atom. The van der Waals surface area contributed by atoms with Crippen molar-refractivity contribution in [2.45, 2.75) is 22.4 Å². The molecule has 1 amide bonds. The minimum Gasteiger partial charge on any atom is -0.359 e. The Kier molecular flexibility index (Phi) is 8.21. The van der Waals surface area contributed by atoms with Gasteiger partial charge in [-0.2, -0.15) is 0 Å². The Morgan fingerprint density at radius 3 is 2.50 bits per heavy atom. The van der Waals surface area contributed by atoms with Crippen LogP contribution in [0.25, 0.3) is 0 Å². The summed E-state index contributed by atoms with van der Waals surface area (Å²) in [5, 5.41) is 2.60. The van der Waals surface area contributed by atoms with Gasteiger partial charge in [0, 0.05) is 13.5 Å². The van der Waals surface area contributed by atoms with Gasteiger partial charge in [0.1, 0.15) is 6.79 Å². The second-order valence-electron chi connectivity index (χ2n) is 4.53. The summed E-state index contributed by atoms with van der Waals surface area (Å²) in [6.07, 6.45) is 1.68. The molecule has 0 aromatic heterocycles. The molecule has 0 spiro atoms. The van der Waals surface area contributed by atoms with E-state index in [1.54, 1.807) is 0 Å². The number of benzene rings is 1. The monoisotopic (exact) mass is 365 g/mol. The highest BCUT2D eigenvalue weighted by atomic mass is 35.6. The van der Waals surface area contributed by atoms with Crippen molar-refractivity contribution in [3.05, 3.63) is 48.6 Å². The fourth-order valence-electron chi connectivity index (χ4n) is 1.83. The first-order valence-electron chi connectivity index (χ1n) is 6.53. The molecule has 0 unspecified atom stereocenters. The molecule has 0 saturated heterocycles. The molecule has 0 fully saturated rings. The average molecular weight is 367 g/mol. The zero-order valence-electron chi connectivity index (χ0n) is 12.1. The number of ether oxygens (including phenoxy) is 2. The largest absolute Gasteiger partial charge is 0.359 e. The van der Waals surface area contributed by atoms with Crippen LogP contribution in [-0.2, 0) is 20.7 Å². The van der Waals surface area contributed by atoms with Gasteiger partial charge in [0.25, 0.3) is 9.70 Å². The third-order valence-corrected chi connectivity index (χ3v) is 3.40. The summed E-state index contributed by atoms with van der Waals surface area (Å²) in [4.78, 5) is 11.8. The van der Waals surface area contributed by atoms with Gasteiger partial charge in [-0.3, -0.25) is 4.79 Å². The van der Waals surface area contributed by atoms with Gasteiger partial charge in [0.2, 0.25) is 0 Å². The molecule has 0 bridgehead atoms. The molecule has 122 valence electrons. The number of carbonyl (C=O) groups is 1. The predicted octanol–water partition coefficient (Wildman–Crippen LogP) is 3.26. The average Bonchev–Trinajstić information content (AvgIpc) is 2.49. The first-order chi connectivity index (χ1) is 10.4. The minimum atomic E-state index is -2.04. The quantitative estimate of drug-likeness (QED) is 0.436. The van der Waals surface area contributed by atoms with Crippen molar-refractivity contribution in [1.82, 2.24) is 5.32 Å². The first-order valence-corrected chi connectivity index (χ1v) is 7.66. The van der Waals surface area contributed by atoms with Gasteiger partial charge in [-0.1, -0.05) is 71.2 Å². The number of hydrogen-bond acceptors (Lipinski definition) is 3. The molecule has 1 N–H and O–H groups in total. The van der Waals surface area contributed by atoms with E-state index in [9.17, 15) is 4.79 Å². The molecule has 1 aromatic rings. The Labute approximate surface area is 145 Å². The Bertz CT molecular complexity index is 477. The van der Waals surface area contributed by atoms with Crippen molar-refractivity contribution in [2.75, 3.05) is 13.9 Å². The molecule has 0 aliphatic rings. The van der Waals surface area contributed by atoms with E-state index >= 15 is 0 Å². The summed E-state index contributed by atoms with van der Waals surface area (Å²) in [7, 11) is 1.52. The molecule has 4 nitrogen and oxygen atoms in total. The lowest BCUT2D eigenvalue weighted by atomic mass is 10.0. The van der Waals surface area contributed by atoms with Crippen LogP contribution >= 0.6 is 34.8 Å². The van der Waals surface area contributed by atoms with Crippen molar-refractivity contribution in [2.24, 2.45) is 0 Å². The van der Waals surface area contributed by atoms with Gasteiger partial charge < -0.3 is 14.8 Å². The molecule has 0 radical (unpaired) electrons.